The number of carbonyl (C=O) groups is 1. The van der Waals surface area contributed by atoms with Crippen LogP contribution in [0.5, 0.6) is 5.75 Å². The highest BCUT2D eigenvalue weighted by molar-refractivity contribution is 5.92. The molecule has 0 aliphatic carbocycles. The van der Waals surface area contributed by atoms with Gasteiger partial charge >= 0.3 is 6.09 Å². The zero-order valence-electron chi connectivity index (χ0n) is 15.8. The third-order valence-electron chi connectivity index (χ3n) is 3.20. The molecule has 0 bridgehead atoms. The molecule has 0 fully saturated rings. The van der Waals surface area contributed by atoms with E-state index in [0.29, 0.717) is 6.54 Å². The first-order valence-electron chi connectivity index (χ1n) is 8.44. The molecule has 4 N–H and O–H groups in total. The summed E-state index contributed by atoms with van der Waals surface area (Å²) in [5, 5.41) is 5.85. The molecule has 1 aromatic carbocycles. The molecule has 1 rings (SSSR count). The predicted octanol–water partition coefficient (Wildman–Crippen LogP) is 3.12. The second-order valence-corrected chi connectivity index (χ2v) is 6.71. The van der Waals surface area contributed by atoms with Gasteiger partial charge < -0.3 is 25.8 Å². The number of alkyl carbamates (subject to hydrolysis) is 1. The average molecular weight is 350 g/mol. The van der Waals surface area contributed by atoms with Crippen molar-refractivity contribution in [2.75, 3.05) is 19.0 Å². The summed E-state index contributed by atoms with van der Waals surface area (Å²) in [6.07, 6.45) is 1.27. The molecule has 0 saturated heterocycles. The predicted molar refractivity (Wildman–Crippen MR) is 101 cm³/mol. The van der Waals surface area contributed by atoms with Gasteiger partial charge in [-0.15, -0.1) is 0 Å². The van der Waals surface area contributed by atoms with Crippen molar-refractivity contribution in [1.82, 2.24) is 5.32 Å². The van der Waals surface area contributed by atoms with Gasteiger partial charge in [0.05, 0.1) is 19.7 Å². The standard InChI is InChI=1S/C18H30N4O3/c1-6-7-14(22-17(23)25-18(2,3)4)12-20-16(19)21-13-8-10-15(24-5)11-9-13/h8-11,14H,6-7,12H2,1-5H3,(H,22,23)(H3,19,20,21). The Balaban J connectivity index is 2.58. The number of nitrogens with zero attached hydrogens (tertiary/aromatic N) is 1. The molecule has 0 spiro atoms. The zero-order valence-corrected chi connectivity index (χ0v) is 15.8. The Labute approximate surface area is 150 Å². The van der Waals surface area contributed by atoms with E-state index >= 15 is 0 Å². The lowest BCUT2D eigenvalue weighted by molar-refractivity contribution is 0.0503. The summed E-state index contributed by atoms with van der Waals surface area (Å²) in [4.78, 5) is 16.2. The molecular formula is C18H30N4O3. The molecule has 0 radical (unpaired) electrons. The van der Waals surface area contributed by atoms with E-state index in [4.69, 9.17) is 15.2 Å². The number of carbonyl (C=O) groups excluding carboxylic acids is 1. The highest BCUT2D eigenvalue weighted by atomic mass is 16.6. The van der Waals surface area contributed by atoms with Gasteiger partial charge in [-0.3, -0.25) is 4.99 Å². The average Bonchev–Trinajstić information content (AvgIpc) is 2.52. The Morgan fingerprint density at radius 3 is 2.44 bits per heavy atom. The quantitative estimate of drug-likeness (QED) is 0.518. The van der Waals surface area contributed by atoms with Crippen molar-refractivity contribution in [1.29, 1.82) is 0 Å². The van der Waals surface area contributed by atoms with Crippen molar-refractivity contribution in [3.63, 3.8) is 0 Å². The zero-order chi connectivity index (χ0) is 18.9. The Morgan fingerprint density at radius 2 is 1.92 bits per heavy atom. The third kappa shape index (κ3) is 8.83. The van der Waals surface area contributed by atoms with Crippen LogP contribution in [0.1, 0.15) is 40.5 Å². The van der Waals surface area contributed by atoms with Crippen LogP contribution in [0.15, 0.2) is 29.3 Å². The monoisotopic (exact) mass is 350 g/mol. The number of anilines is 1. The minimum atomic E-state index is -0.529. The molecule has 0 aliphatic heterocycles. The molecule has 7 heteroatoms. The maximum absolute atomic E-state index is 11.9. The molecule has 0 aliphatic rings. The van der Waals surface area contributed by atoms with Crippen LogP contribution >= 0.6 is 0 Å². The first kappa shape index (κ1) is 20.6. The molecule has 1 aromatic rings. The van der Waals surface area contributed by atoms with Gasteiger partial charge in [-0.2, -0.15) is 0 Å². The molecule has 25 heavy (non-hydrogen) atoms. The van der Waals surface area contributed by atoms with Crippen LogP contribution in [0.3, 0.4) is 0 Å². The number of methoxy groups -OCH3 is 1. The molecule has 0 aromatic heterocycles. The van der Waals surface area contributed by atoms with Crippen molar-refractivity contribution >= 4 is 17.7 Å². The maximum Gasteiger partial charge on any atom is 0.407 e. The summed E-state index contributed by atoms with van der Waals surface area (Å²) >= 11 is 0. The number of amides is 1. The van der Waals surface area contributed by atoms with Gasteiger partial charge in [0.2, 0.25) is 0 Å². The molecule has 140 valence electrons. The lowest BCUT2D eigenvalue weighted by Crippen LogP contribution is -2.41. The molecule has 7 nitrogen and oxygen atoms in total. The van der Waals surface area contributed by atoms with Crippen LogP contribution in [0.4, 0.5) is 10.5 Å². The van der Waals surface area contributed by atoms with E-state index in [1.54, 1.807) is 7.11 Å². The summed E-state index contributed by atoms with van der Waals surface area (Å²) in [5.74, 6) is 1.06. The number of hydrogen-bond donors (Lipinski definition) is 3. The second-order valence-electron chi connectivity index (χ2n) is 6.71. The molecule has 1 unspecified atom stereocenters. The number of guanidine groups is 1. The van der Waals surface area contributed by atoms with Gasteiger partial charge in [-0.25, -0.2) is 4.79 Å². The van der Waals surface area contributed by atoms with Crippen molar-refractivity contribution in [3.05, 3.63) is 24.3 Å². The summed E-state index contributed by atoms with van der Waals surface area (Å²) in [7, 11) is 1.61. The van der Waals surface area contributed by atoms with E-state index in [1.807, 2.05) is 52.0 Å². The minimum Gasteiger partial charge on any atom is -0.497 e. The number of nitrogens with two attached hydrogens (primary N) is 1. The first-order chi connectivity index (χ1) is 11.7. The SMILES string of the molecule is CCCC(CN=C(N)Nc1ccc(OC)cc1)NC(=O)OC(C)(C)C. The van der Waals surface area contributed by atoms with Crippen molar-refractivity contribution in [2.24, 2.45) is 10.7 Å². The number of ether oxygens (including phenoxy) is 2. The van der Waals surface area contributed by atoms with Gasteiger partial charge in [-0.05, 0) is 51.5 Å². The van der Waals surface area contributed by atoms with Crippen LogP contribution in [-0.2, 0) is 4.74 Å². The van der Waals surface area contributed by atoms with Crippen LogP contribution in [0.2, 0.25) is 0 Å². The first-order valence-corrected chi connectivity index (χ1v) is 8.44. The highest BCUT2D eigenvalue weighted by Crippen LogP contribution is 2.14. The molecular weight excluding hydrogens is 320 g/mol. The highest BCUT2D eigenvalue weighted by Gasteiger charge is 2.19. The third-order valence-corrected chi connectivity index (χ3v) is 3.20. The molecule has 1 amide bonds. The number of rotatable bonds is 7. The van der Waals surface area contributed by atoms with Gasteiger partial charge in [0.1, 0.15) is 11.4 Å². The van der Waals surface area contributed by atoms with E-state index in [1.165, 1.54) is 0 Å². The van der Waals surface area contributed by atoms with Gasteiger partial charge in [0.15, 0.2) is 5.96 Å². The minimum absolute atomic E-state index is 0.129. The Kier molecular flexibility index (Phi) is 8.04. The van der Waals surface area contributed by atoms with Gasteiger partial charge in [0.25, 0.3) is 0 Å². The fraction of sp³-hybridized carbons (Fsp3) is 0.556. The number of nitrogens with one attached hydrogen (secondary N) is 2. The van der Waals surface area contributed by atoms with Crippen LogP contribution < -0.4 is 21.1 Å². The van der Waals surface area contributed by atoms with Crippen molar-refractivity contribution in [2.45, 2.75) is 52.2 Å². The topological polar surface area (TPSA) is 98.0 Å². The number of hydrogen-bond acceptors (Lipinski definition) is 4. The van der Waals surface area contributed by atoms with E-state index in [9.17, 15) is 4.79 Å². The summed E-state index contributed by atoms with van der Waals surface area (Å²) in [6, 6.07) is 7.24. The largest absolute Gasteiger partial charge is 0.497 e. The number of benzene rings is 1. The van der Waals surface area contributed by atoms with E-state index in [2.05, 4.69) is 15.6 Å². The smallest absolute Gasteiger partial charge is 0.407 e. The van der Waals surface area contributed by atoms with Gasteiger partial charge in [0, 0.05) is 5.69 Å². The summed E-state index contributed by atoms with van der Waals surface area (Å²) in [5.41, 5.74) is 6.20. The lowest BCUT2D eigenvalue weighted by Gasteiger charge is -2.22. The van der Waals surface area contributed by atoms with E-state index in [0.717, 1.165) is 24.3 Å². The second kappa shape index (κ2) is 9.76. The van der Waals surface area contributed by atoms with E-state index < -0.39 is 11.7 Å². The molecule has 0 heterocycles. The Morgan fingerprint density at radius 1 is 1.28 bits per heavy atom. The van der Waals surface area contributed by atoms with Crippen LogP contribution in [0, 0.1) is 0 Å². The Hall–Kier alpha value is -2.44. The van der Waals surface area contributed by atoms with Gasteiger partial charge in [-0.1, -0.05) is 13.3 Å². The lowest BCUT2D eigenvalue weighted by atomic mass is 10.1. The normalized spacial score (nSPS) is 13.1. The maximum atomic E-state index is 11.9. The Bertz CT molecular complexity index is 565. The summed E-state index contributed by atoms with van der Waals surface area (Å²) in [6.45, 7) is 7.91. The van der Waals surface area contributed by atoms with Crippen LogP contribution in [-0.4, -0.2) is 37.4 Å². The number of aliphatic imine (C=N–C) groups is 1. The van der Waals surface area contributed by atoms with Crippen molar-refractivity contribution in [3.8, 4) is 5.75 Å². The molecule has 1 atom stereocenters. The van der Waals surface area contributed by atoms with Crippen LogP contribution in [0.25, 0.3) is 0 Å². The fourth-order valence-corrected chi connectivity index (χ4v) is 2.10. The van der Waals surface area contributed by atoms with Crippen molar-refractivity contribution < 1.29 is 14.3 Å². The fourth-order valence-electron chi connectivity index (χ4n) is 2.10. The van der Waals surface area contributed by atoms with E-state index in [-0.39, 0.29) is 12.0 Å². The summed E-state index contributed by atoms with van der Waals surface area (Å²) < 4.78 is 10.4. The molecule has 0 saturated carbocycles.